The monoisotopic (exact) mass is 436 g/mol. The largest absolute Gasteiger partial charge is 0.493 e. The van der Waals surface area contributed by atoms with Gasteiger partial charge in [-0.3, -0.25) is 9.59 Å². The highest BCUT2D eigenvalue weighted by Gasteiger charge is 2.44. The molecule has 2 aromatic carbocycles. The summed E-state index contributed by atoms with van der Waals surface area (Å²) in [7, 11) is 4.59. The Morgan fingerprint density at radius 3 is 2.34 bits per heavy atom. The molecular weight excluding hydrogens is 408 g/mol. The molecule has 1 aliphatic rings. The molecule has 0 spiro atoms. The van der Waals surface area contributed by atoms with Crippen LogP contribution in [0.15, 0.2) is 36.4 Å². The number of benzene rings is 2. The second-order valence-corrected chi connectivity index (χ2v) is 7.39. The Kier molecular flexibility index (Phi) is 7.26. The summed E-state index contributed by atoms with van der Waals surface area (Å²) in [5, 5.41) is 2.80. The molecule has 7 nitrogen and oxygen atoms in total. The number of methoxy groups -OCH3 is 3. The lowest BCUT2D eigenvalue weighted by Crippen LogP contribution is -2.47. The van der Waals surface area contributed by atoms with Crippen molar-refractivity contribution in [3.05, 3.63) is 53.1 Å². The zero-order chi connectivity index (χ0) is 23.3. The molecule has 0 bridgehead atoms. The van der Waals surface area contributed by atoms with Crippen LogP contribution in [-0.4, -0.2) is 51.1 Å². The van der Waals surface area contributed by atoms with Crippen molar-refractivity contribution in [3.8, 4) is 29.6 Å². The molecule has 1 aliphatic heterocycles. The van der Waals surface area contributed by atoms with E-state index in [0.717, 1.165) is 6.42 Å². The van der Waals surface area contributed by atoms with Gasteiger partial charge < -0.3 is 24.4 Å². The van der Waals surface area contributed by atoms with Crippen LogP contribution in [0.3, 0.4) is 0 Å². The van der Waals surface area contributed by atoms with Gasteiger partial charge >= 0.3 is 0 Å². The Bertz CT molecular complexity index is 1020. The number of nitrogens with zero attached hydrogens (tertiary/aromatic N) is 1. The number of ether oxygens (including phenoxy) is 3. The number of nitrogens with one attached hydrogen (secondary N) is 1. The number of rotatable bonds is 8. The second-order valence-electron chi connectivity index (χ2n) is 7.39. The summed E-state index contributed by atoms with van der Waals surface area (Å²) in [5.41, 5.74) is 1.89. The van der Waals surface area contributed by atoms with Crippen LogP contribution in [0, 0.1) is 12.3 Å². The molecular formula is C25H28N2O5. The zero-order valence-electron chi connectivity index (χ0n) is 18.8. The minimum absolute atomic E-state index is 0.0984. The minimum atomic E-state index is -0.661. The molecule has 0 radical (unpaired) electrons. The van der Waals surface area contributed by atoms with Gasteiger partial charge in [0.2, 0.25) is 11.7 Å². The van der Waals surface area contributed by atoms with E-state index in [1.165, 1.54) is 21.3 Å². The fourth-order valence-corrected chi connectivity index (χ4v) is 4.25. The van der Waals surface area contributed by atoms with Crippen LogP contribution in [0.2, 0.25) is 0 Å². The molecule has 0 saturated heterocycles. The Morgan fingerprint density at radius 1 is 1.12 bits per heavy atom. The van der Waals surface area contributed by atoms with E-state index >= 15 is 0 Å². The number of hydrogen-bond acceptors (Lipinski definition) is 5. The highest BCUT2D eigenvalue weighted by Crippen LogP contribution is 2.47. The van der Waals surface area contributed by atoms with Crippen LogP contribution in [0.4, 0.5) is 0 Å². The summed E-state index contributed by atoms with van der Waals surface area (Å²) < 4.78 is 16.5. The summed E-state index contributed by atoms with van der Waals surface area (Å²) in [6.45, 7) is 2.57. The highest BCUT2D eigenvalue weighted by molar-refractivity contribution is 6.01. The Hall–Kier alpha value is -3.66. The van der Waals surface area contributed by atoms with Gasteiger partial charge in [0, 0.05) is 12.1 Å². The van der Waals surface area contributed by atoms with Gasteiger partial charge in [-0.25, -0.2) is 0 Å². The van der Waals surface area contributed by atoms with Gasteiger partial charge in [0.15, 0.2) is 11.5 Å². The number of fused-ring (bicyclic) bond motifs is 1. The standard InChI is InChI=1S/C25H28N2O5/c1-6-12-26-24(28)21-17-10-8-9-11-18(17)25(29)27(13-7-2)22(21)16-14-19(30-3)23(32-5)20(15-16)31-4/h1,8-11,14-15,21-22H,7,12-13H2,2-5H3,(H,26,28). The van der Waals surface area contributed by atoms with Gasteiger partial charge in [-0.05, 0) is 35.7 Å². The van der Waals surface area contributed by atoms with Crippen molar-refractivity contribution in [2.45, 2.75) is 25.3 Å². The first-order valence-electron chi connectivity index (χ1n) is 10.4. The summed E-state index contributed by atoms with van der Waals surface area (Å²) in [4.78, 5) is 28.6. The van der Waals surface area contributed by atoms with Crippen molar-refractivity contribution in [1.29, 1.82) is 0 Å². The van der Waals surface area contributed by atoms with E-state index in [4.69, 9.17) is 20.6 Å². The summed E-state index contributed by atoms with van der Waals surface area (Å²) in [5.74, 6) is 2.76. The van der Waals surface area contributed by atoms with E-state index in [2.05, 4.69) is 11.2 Å². The van der Waals surface area contributed by atoms with Gasteiger partial charge in [-0.2, -0.15) is 0 Å². The highest BCUT2D eigenvalue weighted by atomic mass is 16.5. The second kappa shape index (κ2) is 10.1. The molecule has 0 fully saturated rings. The van der Waals surface area contributed by atoms with E-state index in [1.54, 1.807) is 29.2 Å². The van der Waals surface area contributed by atoms with E-state index in [-0.39, 0.29) is 18.4 Å². The number of carbonyl (C=O) groups is 2. The summed E-state index contributed by atoms with van der Waals surface area (Å²) in [6, 6.07) is 10.2. The third-order valence-corrected chi connectivity index (χ3v) is 5.58. The Morgan fingerprint density at radius 2 is 1.78 bits per heavy atom. The van der Waals surface area contributed by atoms with Crippen LogP contribution in [0.25, 0.3) is 0 Å². The van der Waals surface area contributed by atoms with Crippen molar-refractivity contribution < 1.29 is 23.8 Å². The van der Waals surface area contributed by atoms with E-state index in [1.807, 2.05) is 19.1 Å². The van der Waals surface area contributed by atoms with E-state index in [0.29, 0.717) is 40.5 Å². The van der Waals surface area contributed by atoms with Gasteiger partial charge in [-0.1, -0.05) is 31.0 Å². The lowest BCUT2D eigenvalue weighted by Gasteiger charge is -2.42. The van der Waals surface area contributed by atoms with Gasteiger partial charge in [0.25, 0.3) is 5.91 Å². The van der Waals surface area contributed by atoms with Crippen LogP contribution < -0.4 is 19.5 Å². The fourth-order valence-electron chi connectivity index (χ4n) is 4.25. The topological polar surface area (TPSA) is 77.1 Å². The SMILES string of the molecule is C#CCNC(=O)C1c2ccccc2C(=O)N(CCC)C1c1cc(OC)c(OC)c(OC)c1. The Balaban J connectivity index is 2.26. The lowest BCUT2D eigenvalue weighted by molar-refractivity contribution is -0.124. The molecule has 32 heavy (non-hydrogen) atoms. The van der Waals surface area contributed by atoms with Crippen molar-refractivity contribution in [2.24, 2.45) is 0 Å². The third kappa shape index (κ3) is 4.09. The van der Waals surface area contributed by atoms with Crippen molar-refractivity contribution in [3.63, 3.8) is 0 Å². The summed E-state index contributed by atoms with van der Waals surface area (Å²) in [6.07, 6.45) is 6.11. The molecule has 1 heterocycles. The normalized spacial score (nSPS) is 17.2. The molecule has 2 aromatic rings. The number of carbonyl (C=O) groups excluding carboxylic acids is 2. The molecule has 168 valence electrons. The maximum absolute atomic E-state index is 13.5. The average molecular weight is 437 g/mol. The first-order chi connectivity index (χ1) is 15.5. The summed E-state index contributed by atoms with van der Waals surface area (Å²) >= 11 is 0. The van der Waals surface area contributed by atoms with Crippen LogP contribution >= 0.6 is 0 Å². The molecule has 2 amide bonds. The molecule has 0 saturated carbocycles. The minimum Gasteiger partial charge on any atom is -0.493 e. The smallest absolute Gasteiger partial charge is 0.254 e. The lowest BCUT2D eigenvalue weighted by atomic mass is 9.79. The predicted molar refractivity (Wildman–Crippen MR) is 121 cm³/mol. The Labute approximate surface area is 188 Å². The average Bonchev–Trinajstić information content (AvgIpc) is 2.83. The van der Waals surface area contributed by atoms with Gasteiger partial charge in [-0.15, -0.1) is 6.42 Å². The predicted octanol–water partition coefficient (Wildman–Crippen LogP) is 3.15. The number of amides is 2. The molecule has 1 N–H and O–H groups in total. The van der Waals surface area contributed by atoms with Crippen LogP contribution in [0.5, 0.6) is 17.2 Å². The maximum Gasteiger partial charge on any atom is 0.254 e. The van der Waals surface area contributed by atoms with Gasteiger partial charge in [0.05, 0.1) is 39.8 Å². The quantitative estimate of drug-likeness (QED) is 0.644. The van der Waals surface area contributed by atoms with Crippen LogP contribution in [-0.2, 0) is 4.79 Å². The molecule has 7 heteroatoms. The molecule has 2 atom stereocenters. The van der Waals surface area contributed by atoms with E-state index < -0.39 is 12.0 Å². The molecule has 0 aromatic heterocycles. The van der Waals surface area contributed by atoms with E-state index in [9.17, 15) is 9.59 Å². The van der Waals surface area contributed by atoms with Gasteiger partial charge in [0.1, 0.15) is 0 Å². The third-order valence-electron chi connectivity index (χ3n) is 5.58. The molecule has 0 aliphatic carbocycles. The zero-order valence-corrected chi connectivity index (χ0v) is 18.8. The number of terminal acetylenes is 1. The van der Waals surface area contributed by atoms with Crippen molar-refractivity contribution >= 4 is 11.8 Å². The molecule has 2 unspecified atom stereocenters. The van der Waals surface area contributed by atoms with Crippen molar-refractivity contribution in [1.82, 2.24) is 10.2 Å². The maximum atomic E-state index is 13.5. The van der Waals surface area contributed by atoms with Crippen LogP contribution in [0.1, 0.15) is 46.8 Å². The first-order valence-corrected chi connectivity index (χ1v) is 10.4. The van der Waals surface area contributed by atoms with Crippen molar-refractivity contribution in [2.75, 3.05) is 34.4 Å². The number of hydrogen-bond donors (Lipinski definition) is 1. The first kappa shape index (κ1) is 23.0. The molecule has 3 rings (SSSR count). The fraction of sp³-hybridized carbons (Fsp3) is 0.360.